The molecule has 0 amide bonds. The normalized spacial score (nSPS) is 27.8. The third-order valence-electron chi connectivity index (χ3n) is 3.62. The van der Waals surface area contributed by atoms with E-state index in [0.717, 1.165) is 23.1 Å². The zero-order valence-electron chi connectivity index (χ0n) is 11.0. The van der Waals surface area contributed by atoms with Crippen molar-refractivity contribution in [1.82, 2.24) is 4.98 Å². The summed E-state index contributed by atoms with van der Waals surface area (Å²) in [5.74, 6) is 1.55. The van der Waals surface area contributed by atoms with E-state index in [9.17, 15) is 0 Å². The van der Waals surface area contributed by atoms with Crippen molar-refractivity contribution in [2.24, 2.45) is 17.6 Å². The number of nitrogens with one attached hydrogen (secondary N) is 1. The van der Waals surface area contributed by atoms with Gasteiger partial charge in [0.1, 0.15) is 4.99 Å². The fourth-order valence-electron chi connectivity index (χ4n) is 3.01. The summed E-state index contributed by atoms with van der Waals surface area (Å²) < 4.78 is 0. The molecule has 1 aromatic rings. The standard InChI is InChI=1S/C14H21N3S/c1-9-5-10(2)7-11(6-9)17-13-8-16-4-3-12(13)14(15)18/h3-4,8-11,17H,5-7H2,1-2H3,(H2,15,18). The zero-order chi connectivity index (χ0) is 13.1. The Labute approximate surface area is 114 Å². The first kappa shape index (κ1) is 13.3. The molecule has 1 fully saturated rings. The van der Waals surface area contributed by atoms with Gasteiger partial charge in [-0.2, -0.15) is 0 Å². The van der Waals surface area contributed by atoms with Gasteiger partial charge in [0.25, 0.3) is 0 Å². The molecule has 2 atom stereocenters. The van der Waals surface area contributed by atoms with Crippen molar-refractivity contribution in [2.75, 3.05) is 5.32 Å². The van der Waals surface area contributed by atoms with Gasteiger partial charge in [-0.1, -0.05) is 26.1 Å². The van der Waals surface area contributed by atoms with Gasteiger partial charge in [0.2, 0.25) is 0 Å². The van der Waals surface area contributed by atoms with Crippen LogP contribution in [0.25, 0.3) is 0 Å². The Morgan fingerprint density at radius 1 is 1.33 bits per heavy atom. The molecule has 1 heterocycles. The van der Waals surface area contributed by atoms with Crippen LogP contribution in [-0.2, 0) is 0 Å². The molecule has 1 aliphatic carbocycles. The first-order valence-corrected chi connectivity index (χ1v) is 6.97. The van der Waals surface area contributed by atoms with Crippen LogP contribution in [0, 0.1) is 11.8 Å². The molecule has 1 aromatic heterocycles. The molecule has 0 spiro atoms. The SMILES string of the molecule is CC1CC(C)CC(Nc2cnccc2C(N)=S)C1. The molecule has 18 heavy (non-hydrogen) atoms. The summed E-state index contributed by atoms with van der Waals surface area (Å²) in [6.45, 7) is 4.64. The minimum Gasteiger partial charge on any atom is -0.389 e. The van der Waals surface area contributed by atoms with E-state index in [1.165, 1.54) is 19.3 Å². The second-order valence-corrected chi connectivity index (χ2v) is 5.98. The van der Waals surface area contributed by atoms with E-state index in [1.807, 2.05) is 12.3 Å². The minimum absolute atomic E-state index is 0.428. The van der Waals surface area contributed by atoms with E-state index in [1.54, 1.807) is 6.20 Å². The largest absolute Gasteiger partial charge is 0.389 e. The topological polar surface area (TPSA) is 50.9 Å². The van der Waals surface area contributed by atoms with Crippen LogP contribution in [0.5, 0.6) is 0 Å². The number of pyridine rings is 1. The maximum absolute atomic E-state index is 5.74. The second kappa shape index (κ2) is 5.65. The predicted molar refractivity (Wildman–Crippen MR) is 79.7 cm³/mol. The van der Waals surface area contributed by atoms with E-state index in [4.69, 9.17) is 18.0 Å². The molecule has 2 rings (SSSR count). The van der Waals surface area contributed by atoms with Crippen molar-refractivity contribution >= 4 is 22.9 Å². The van der Waals surface area contributed by atoms with Crippen LogP contribution in [0.2, 0.25) is 0 Å². The highest BCUT2D eigenvalue weighted by Crippen LogP contribution is 2.30. The lowest BCUT2D eigenvalue weighted by atomic mass is 9.80. The summed E-state index contributed by atoms with van der Waals surface area (Å²) in [5.41, 5.74) is 7.60. The van der Waals surface area contributed by atoms with Crippen LogP contribution in [0.3, 0.4) is 0 Å². The molecular formula is C14H21N3S. The molecule has 4 heteroatoms. The molecule has 1 aliphatic rings. The van der Waals surface area contributed by atoms with E-state index in [0.29, 0.717) is 11.0 Å². The van der Waals surface area contributed by atoms with Gasteiger partial charge < -0.3 is 11.1 Å². The lowest BCUT2D eigenvalue weighted by molar-refractivity contribution is 0.281. The predicted octanol–water partition coefficient (Wildman–Crippen LogP) is 2.95. The van der Waals surface area contributed by atoms with Crippen LogP contribution in [0.4, 0.5) is 5.69 Å². The van der Waals surface area contributed by atoms with Crippen LogP contribution >= 0.6 is 12.2 Å². The number of nitrogens with zero attached hydrogens (tertiary/aromatic N) is 1. The summed E-state index contributed by atoms with van der Waals surface area (Å²) in [4.78, 5) is 4.58. The van der Waals surface area contributed by atoms with E-state index < -0.39 is 0 Å². The molecular weight excluding hydrogens is 242 g/mol. The van der Waals surface area contributed by atoms with Crippen molar-refractivity contribution in [1.29, 1.82) is 0 Å². The molecule has 3 N–H and O–H groups in total. The number of hydrogen-bond acceptors (Lipinski definition) is 3. The van der Waals surface area contributed by atoms with Gasteiger partial charge in [-0.15, -0.1) is 0 Å². The molecule has 0 aliphatic heterocycles. The first-order valence-electron chi connectivity index (χ1n) is 6.56. The van der Waals surface area contributed by atoms with Crippen LogP contribution in [0.1, 0.15) is 38.7 Å². The first-order chi connectivity index (χ1) is 8.56. The lowest BCUT2D eigenvalue weighted by Crippen LogP contribution is -2.31. The molecule has 0 saturated heterocycles. The van der Waals surface area contributed by atoms with Crippen LogP contribution in [0.15, 0.2) is 18.5 Å². The van der Waals surface area contributed by atoms with Gasteiger partial charge in [-0.3, -0.25) is 4.98 Å². The van der Waals surface area contributed by atoms with Crippen LogP contribution in [-0.4, -0.2) is 16.0 Å². The average Bonchev–Trinajstić information content (AvgIpc) is 2.27. The molecule has 0 bridgehead atoms. The Hall–Kier alpha value is -1.16. The number of nitrogens with two attached hydrogens (primary N) is 1. The number of rotatable bonds is 3. The fourth-order valence-corrected chi connectivity index (χ4v) is 3.19. The van der Waals surface area contributed by atoms with E-state index >= 15 is 0 Å². The highest BCUT2D eigenvalue weighted by Gasteiger charge is 2.24. The van der Waals surface area contributed by atoms with Crippen molar-refractivity contribution in [3.05, 3.63) is 24.0 Å². The Morgan fingerprint density at radius 3 is 2.61 bits per heavy atom. The lowest BCUT2D eigenvalue weighted by Gasteiger charge is -2.32. The molecule has 0 aromatic carbocycles. The number of aromatic nitrogens is 1. The van der Waals surface area contributed by atoms with Crippen molar-refractivity contribution in [2.45, 2.75) is 39.2 Å². The van der Waals surface area contributed by atoms with Gasteiger partial charge >= 0.3 is 0 Å². The second-order valence-electron chi connectivity index (χ2n) is 5.54. The van der Waals surface area contributed by atoms with Gasteiger partial charge in [-0.05, 0) is 37.2 Å². The Bertz CT molecular complexity index is 423. The van der Waals surface area contributed by atoms with Crippen LogP contribution < -0.4 is 11.1 Å². The molecule has 0 radical (unpaired) electrons. The van der Waals surface area contributed by atoms with Crippen molar-refractivity contribution < 1.29 is 0 Å². The number of hydrogen-bond donors (Lipinski definition) is 2. The number of thiocarbonyl (C=S) groups is 1. The van der Waals surface area contributed by atoms with Gasteiger partial charge in [0, 0.05) is 17.8 Å². The highest BCUT2D eigenvalue weighted by atomic mass is 32.1. The maximum atomic E-state index is 5.74. The molecule has 98 valence electrons. The Morgan fingerprint density at radius 2 is 2.00 bits per heavy atom. The van der Waals surface area contributed by atoms with Crippen molar-refractivity contribution in [3.63, 3.8) is 0 Å². The van der Waals surface area contributed by atoms with E-state index in [2.05, 4.69) is 24.1 Å². The fraction of sp³-hybridized carbons (Fsp3) is 0.571. The van der Waals surface area contributed by atoms with Gasteiger partial charge in [0.05, 0.1) is 11.9 Å². The van der Waals surface area contributed by atoms with Gasteiger partial charge in [0.15, 0.2) is 0 Å². The average molecular weight is 263 g/mol. The zero-order valence-corrected chi connectivity index (χ0v) is 11.8. The third kappa shape index (κ3) is 3.19. The quantitative estimate of drug-likeness (QED) is 0.823. The summed E-state index contributed by atoms with van der Waals surface area (Å²) in [6.07, 6.45) is 7.28. The smallest absolute Gasteiger partial charge is 0.106 e. The van der Waals surface area contributed by atoms with Gasteiger partial charge in [-0.25, -0.2) is 0 Å². The summed E-state index contributed by atoms with van der Waals surface area (Å²) in [7, 11) is 0. The maximum Gasteiger partial charge on any atom is 0.106 e. The highest BCUT2D eigenvalue weighted by molar-refractivity contribution is 7.80. The number of anilines is 1. The Balaban J connectivity index is 2.11. The summed E-state index contributed by atoms with van der Waals surface area (Å²) in [6, 6.07) is 2.38. The minimum atomic E-state index is 0.428. The molecule has 3 nitrogen and oxygen atoms in total. The summed E-state index contributed by atoms with van der Waals surface area (Å²) >= 11 is 5.07. The van der Waals surface area contributed by atoms with Crippen molar-refractivity contribution in [3.8, 4) is 0 Å². The monoisotopic (exact) mass is 263 g/mol. The van der Waals surface area contributed by atoms with E-state index in [-0.39, 0.29) is 0 Å². The molecule has 2 unspecified atom stereocenters. The summed E-state index contributed by atoms with van der Waals surface area (Å²) in [5, 5.41) is 3.56. The molecule has 1 saturated carbocycles. The third-order valence-corrected chi connectivity index (χ3v) is 3.84. The Kier molecular flexibility index (Phi) is 4.17.